The van der Waals surface area contributed by atoms with Crippen molar-refractivity contribution < 1.29 is 0 Å². The molecule has 2 heterocycles. The zero-order chi connectivity index (χ0) is 13.4. The van der Waals surface area contributed by atoms with Crippen molar-refractivity contribution >= 4 is 22.7 Å². The van der Waals surface area contributed by atoms with Crippen molar-refractivity contribution in [2.45, 2.75) is 0 Å². The van der Waals surface area contributed by atoms with Crippen LogP contribution in [0.3, 0.4) is 0 Å². The van der Waals surface area contributed by atoms with E-state index in [2.05, 4.69) is 48.2 Å². The minimum absolute atomic E-state index is 0.762. The molecule has 0 N–H and O–H groups in total. The van der Waals surface area contributed by atoms with Gasteiger partial charge in [-0.15, -0.1) is 11.3 Å². The SMILES string of the molecule is CN1CCN(C)c2cc(-c3ccc(C#N)s3)ccc21. The molecule has 96 valence electrons. The van der Waals surface area contributed by atoms with Gasteiger partial charge < -0.3 is 9.80 Å². The van der Waals surface area contributed by atoms with Crippen LogP contribution in [0.1, 0.15) is 4.88 Å². The van der Waals surface area contributed by atoms with Gasteiger partial charge in [-0.25, -0.2) is 0 Å². The van der Waals surface area contributed by atoms with Crippen molar-refractivity contribution in [1.82, 2.24) is 0 Å². The molecule has 0 radical (unpaired) electrons. The Balaban J connectivity index is 2.05. The van der Waals surface area contributed by atoms with E-state index in [1.54, 1.807) is 11.3 Å². The van der Waals surface area contributed by atoms with Crippen molar-refractivity contribution in [2.24, 2.45) is 0 Å². The van der Waals surface area contributed by atoms with Gasteiger partial charge in [0.25, 0.3) is 0 Å². The summed E-state index contributed by atoms with van der Waals surface area (Å²) in [5.74, 6) is 0. The third-order valence-corrected chi connectivity index (χ3v) is 4.61. The van der Waals surface area contributed by atoms with Crippen LogP contribution < -0.4 is 9.80 Å². The highest BCUT2D eigenvalue weighted by Crippen LogP contribution is 2.37. The largest absolute Gasteiger partial charge is 0.371 e. The quantitative estimate of drug-likeness (QED) is 0.796. The number of hydrogen-bond donors (Lipinski definition) is 0. The van der Waals surface area contributed by atoms with Crippen LogP contribution in [-0.2, 0) is 0 Å². The average Bonchev–Trinajstić information content (AvgIpc) is 2.91. The van der Waals surface area contributed by atoms with Crippen LogP contribution >= 0.6 is 11.3 Å². The molecule has 0 amide bonds. The molecule has 0 unspecified atom stereocenters. The first-order chi connectivity index (χ1) is 9.19. The van der Waals surface area contributed by atoms with Gasteiger partial charge in [0.2, 0.25) is 0 Å². The summed E-state index contributed by atoms with van der Waals surface area (Å²) >= 11 is 1.55. The number of thiophene rings is 1. The second kappa shape index (κ2) is 4.60. The van der Waals surface area contributed by atoms with Gasteiger partial charge in [0.1, 0.15) is 10.9 Å². The topological polar surface area (TPSA) is 30.3 Å². The lowest BCUT2D eigenvalue weighted by Gasteiger charge is -2.35. The average molecular weight is 269 g/mol. The summed E-state index contributed by atoms with van der Waals surface area (Å²) in [5, 5.41) is 8.91. The summed E-state index contributed by atoms with van der Waals surface area (Å²) < 4.78 is 0. The lowest BCUT2D eigenvalue weighted by atomic mass is 10.1. The van der Waals surface area contributed by atoms with Gasteiger partial charge in [0.05, 0.1) is 11.4 Å². The fraction of sp³-hybridized carbons (Fsp3) is 0.267. The molecular weight excluding hydrogens is 254 g/mol. The highest BCUT2D eigenvalue weighted by atomic mass is 32.1. The summed E-state index contributed by atoms with van der Waals surface area (Å²) in [6.45, 7) is 2.10. The van der Waals surface area contributed by atoms with E-state index in [9.17, 15) is 0 Å². The Morgan fingerprint density at radius 3 is 2.47 bits per heavy atom. The summed E-state index contributed by atoms with van der Waals surface area (Å²) in [6.07, 6.45) is 0. The molecule has 3 nitrogen and oxygen atoms in total. The van der Waals surface area contributed by atoms with Crippen LogP contribution in [0.4, 0.5) is 11.4 Å². The fourth-order valence-electron chi connectivity index (χ4n) is 2.40. The van der Waals surface area contributed by atoms with Gasteiger partial charge in [-0.2, -0.15) is 5.26 Å². The Morgan fingerprint density at radius 1 is 1.05 bits per heavy atom. The number of hydrogen-bond acceptors (Lipinski definition) is 4. The number of likely N-dealkylation sites (N-methyl/N-ethyl adjacent to an activating group) is 2. The van der Waals surface area contributed by atoms with E-state index in [1.165, 1.54) is 16.9 Å². The Hall–Kier alpha value is -1.99. The molecule has 2 aromatic rings. The van der Waals surface area contributed by atoms with E-state index in [1.807, 2.05) is 12.1 Å². The molecule has 1 aliphatic heterocycles. The second-order valence-electron chi connectivity index (χ2n) is 4.82. The summed E-state index contributed by atoms with van der Waals surface area (Å²) in [4.78, 5) is 6.49. The first-order valence-electron chi connectivity index (χ1n) is 6.25. The van der Waals surface area contributed by atoms with Crippen molar-refractivity contribution in [3.05, 3.63) is 35.2 Å². The molecule has 1 aromatic heterocycles. The standard InChI is InChI=1S/C15H15N3S/c1-17-7-8-18(2)14-9-11(3-5-13(14)17)15-6-4-12(10-16)19-15/h3-6,9H,7-8H2,1-2H3. The lowest BCUT2D eigenvalue weighted by Crippen LogP contribution is -2.36. The second-order valence-corrected chi connectivity index (χ2v) is 5.91. The van der Waals surface area contributed by atoms with Gasteiger partial charge in [-0.3, -0.25) is 0 Å². The van der Waals surface area contributed by atoms with Crippen molar-refractivity contribution in [3.8, 4) is 16.5 Å². The Kier molecular flexibility index (Phi) is 2.92. The van der Waals surface area contributed by atoms with E-state index in [0.717, 1.165) is 22.8 Å². The molecule has 19 heavy (non-hydrogen) atoms. The molecule has 0 atom stereocenters. The molecule has 0 saturated carbocycles. The highest BCUT2D eigenvalue weighted by molar-refractivity contribution is 7.16. The molecule has 0 fully saturated rings. The molecule has 0 saturated heterocycles. The lowest BCUT2D eigenvalue weighted by molar-refractivity contribution is 0.798. The molecular formula is C15H15N3S. The fourth-order valence-corrected chi connectivity index (χ4v) is 3.20. The van der Waals surface area contributed by atoms with Gasteiger partial charge in [-0.1, -0.05) is 6.07 Å². The maximum Gasteiger partial charge on any atom is 0.110 e. The Bertz CT molecular complexity index is 654. The zero-order valence-corrected chi connectivity index (χ0v) is 11.9. The molecule has 0 spiro atoms. The number of fused-ring (bicyclic) bond motifs is 1. The summed E-state index contributed by atoms with van der Waals surface area (Å²) in [7, 11) is 4.26. The number of anilines is 2. The van der Waals surface area contributed by atoms with Crippen LogP contribution in [0.2, 0.25) is 0 Å². The number of nitrogens with zero attached hydrogens (tertiary/aromatic N) is 3. The number of rotatable bonds is 1. The molecule has 3 rings (SSSR count). The predicted octanol–water partition coefficient (Wildman–Crippen LogP) is 3.17. The van der Waals surface area contributed by atoms with E-state index >= 15 is 0 Å². The summed E-state index contributed by atoms with van der Waals surface area (Å²) in [6, 6.07) is 12.6. The predicted molar refractivity (Wildman–Crippen MR) is 81.0 cm³/mol. The van der Waals surface area contributed by atoms with Crippen LogP contribution in [-0.4, -0.2) is 27.2 Å². The van der Waals surface area contributed by atoms with Gasteiger partial charge in [0.15, 0.2) is 0 Å². The monoisotopic (exact) mass is 269 g/mol. The van der Waals surface area contributed by atoms with Crippen LogP contribution in [0.15, 0.2) is 30.3 Å². The first-order valence-corrected chi connectivity index (χ1v) is 7.07. The molecule has 0 aliphatic carbocycles. The van der Waals surface area contributed by atoms with Gasteiger partial charge >= 0.3 is 0 Å². The Labute approximate surface area is 117 Å². The van der Waals surface area contributed by atoms with E-state index in [4.69, 9.17) is 5.26 Å². The molecule has 1 aromatic carbocycles. The van der Waals surface area contributed by atoms with Crippen molar-refractivity contribution in [1.29, 1.82) is 5.26 Å². The van der Waals surface area contributed by atoms with Crippen LogP contribution in [0.5, 0.6) is 0 Å². The minimum Gasteiger partial charge on any atom is -0.371 e. The molecule has 0 bridgehead atoms. The number of benzene rings is 1. The maximum atomic E-state index is 8.91. The minimum atomic E-state index is 0.762. The zero-order valence-electron chi connectivity index (χ0n) is 11.1. The summed E-state index contributed by atoms with van der Waals surface area (Å²) in [5.41, 5.74) is 3.72. The van der Waals surface area contributed by atoms with E-state index in [0.29, 0.717) is 0 Å². The number of nitriles is 1. The maximum absolute atomic E-state index is 8.91. The normalized spacial score (nSPS) is 14.2. The van der Waals surface area contributed by atoms with E-state index < -0.39 is 0 Å². The van der Waals surface area contributed by atoms with Crippen LogP contribution in [0.25, 0.3) is 10.4 Å². The van der Waals surface area contributed by atoms with E-state index in [-0.39, 0.29) is 0 Å². The van der Waals surface area contributed by atoms with Crippen molar-refractivity contribution in [2.75, 3.05) is 37.0 Å². The molecule has 1 aliphatic rings. The van der Waals surface area contributed by atoms with Gasteiger partial charge in [0, 0.05) is 32.1 Å². The highest BCUT2D eigenvalue weighted by Gasteiger charge is 2.18. The third kappa shape index (κ3) is 2.06. The third-order valence-electron chi connectivity index (χ3n) is 3.57. The van der Waals surface area contributed by atoms with Crippen LogP contribution in [0, 0.1) is 11.3 Å². The Morgan fingerprint density at radius 2 is 1.79 bits per heavy atom. The van der Waals surface area contributed by atoms with Gasteiger partial charge in [-0.05, 0) is 29.8 Å². The first kappa shape index (κ1) is 12.1. The van der Waals surface area contributed by atoms with Crippen molar-refractivity contribution in [3.63, 3.8) is 0 Å². The smallest absolute Gasteiger partial charge is 0.110 e. The molecule has 4 heteroatoms.